The monoisotopic (exact) mass is 247 g/mol. The second kappa shape index (κ2) is 4.47. The zero-order chi connectivity index (χ0) is 12.4. The van der Waals surface area contributed by atoms with Crippen LogP contribution in [-0.4, -0.2) is 10.7 Å². The van der Waals surface area contributed by atoms with Gasteiger partial charge in [0, 0.05) is 17.7 Å². The van der Waals surface area contributed by atoms with Gasteiger partial charge in [0.1, 0.15) is 0 Å². The lowest BCUT2D eigenvalue weighted by molar-refractivity contribution is -0.384. The minimum atomic E-state index is -0.504. The summed E-state index contributed by atoms with van der Waals surface area (Å²) in [5, 5.41) is 12.5. The molecule has 0 bridgehead atoms. The van der Waals surface area contributed by atoms with E-state index in [2.05, 4.69) is 0 Å². The van der Waals surface area contributed by atoms with Crippen LogP contribution < -0.4 is 0 Å². The van der Waals surface area contributed by atoms with Crippen LogP contribution in [0.2, 0.25) is 0 Å². The van der Waals surface area contributed by atoms with Gasteiger partial charge < -0.3 is 0 Å². The summed E-state index contributed by atoms with van der Waals surface area (Å²) in [6.07, 6.45) is 0. The summed E-state index contributed by atoms with van der Waals surface area (Å²) in [4.78, 5) is 22.7. The molecule has 1 aromatic heterocycles. The highest BCUT2D eigenvalue weighted by atomic mass is 32.1. The van der Waals surface area contributed by atoms with Crippen molar-refractivity contribution in [3.8, 4) is 0 Å². The second-order valence-corrected chi connectivity index (χ2v) is 4.54. The average molecular weight is 247 g/mol. The fraction of sp³-hybridized carbons (Fsp3) is 0.0833. The molecule has 0 saturated carbocycles. The molecule has 5 heteroatoms. The number of carbonyl (C=O) groups excluding carboxylic acids is 1. The van der Waals surface area contributed by atoms with Crippen molar-refractivity contribution in [2.75, 3.05) is 0 Å². The molecule has 0 N–H and O–H groups in total. The van der Waals surface area contributed by atoms with E-state index in [1.54, 1.807) is 12.1 Å². The normalized spacial score (nSPS) is 10.2. The van der Waals surface area contributed by atoms with Crippen LogP contribution in [0.4, 0.5) is 5.69 Å². The Morgan fingerprint density at radius 1 is 1.35 bits per heavy atom. The quantitative estimate of drug-likeness (QED) is 0.475. The second-order valence-electron chi connectivity index (χ2n) is 3.62. The molecule has 1 heterocycles. The molecule has 0 radical (unpaired) electrons. The number of nitro benzene ring substituents is 1. The zero-order valence-electron chi connectivity index (χ0n) is 9.04. The molecule has 0 atom stereocenters. The molecule has 0 aliphatic carbocycles. The van der Waals surface area contributed by atoms with E-state index in [0.717, 1.165) is 5.56 Å². The Labute approximate surface area is 102 Å². The largest absolute Gasteiger partial charge is 0.288 e. The van der Waals surface area contributed by atoms with E-state index in [0.29, 0.717) is 10.4 Å². The smallest absolute Gasteiger partial charge is 0.270 e. The minimum Gasteiger partial charge on any atom is -0.288 e. The number of carbonyl (C=O) groups is 1. The molecule has 0 aliphatic heterocycles. The number of hydrogen-bond donors (Lipinski definition) is 0. The lowest BCUT2D eigenvalue weighted by Gasteiger charge is -1.97. The summed E-state index contributed by atoms with van der Waals surface area (Å²) in [5.74, 6) is -0.174. The maximum absolute atomic E-state index is 12.0. The highest BCUT2D eigenvalue weighted by molar-refractivity contribution is 7.12. The number of nitro groups is 1. The van der Waals surface area contributed by atoms with Crippen LogP contribution in [0, 0.1) is 17.0 Å². The molecule has 86 valence electrons. The van der Waals surface area contributed by atoms with Crippen LogP contribution in [0.5, 0.6) is 0 Å². The predicted molar refractivity (Wildman–Crippen MR) is 65.6 cm³/mol. The van der Waals surface area contributed by atoms with Crippen LogP contribution in [0.3, 0.4) is 0 Å². The van der Waals surface area contributed by atoms with Crippen LogP contribution in [0.25, 0.3) is 0 Å². The van der Waals surface area contributed by atoms with Crippen LogP contribution in [0.1, 0.15) is 20.8 Å². The molecule has 0 saturated heterocycles. The lowest BCUT2D eigenvalue weighted by Crippen LogP contribution is -1.99. The van der Waals surface area contributed by atoms with E-state index in [9.17, 15) is 14.9 Å². The van der Waals surface area contributed by atoms with Crippen molar-refractivity contribution in [3.05, 3.63) is 61.8 Å². The van der Waals surface area contributed by atoms with Crippen molar-refractivity contribution < 1.29 is 9.72 Å². The molecule has 4 nitrogen and oxygen atoms in total. The molecule has 17 heavy (non-hydrogen) atoms. The minimum absolute atomic E-state index is 0.0656. The van der Waals surface area contributed by atoms with Crippen molar-refractivity contribution in [2.24, 2.45) is 0 Å². The van der Waals surface area contributed by atoms with Gasteiger partial charge in [0.2, 0.25) is 5.78 Å². The predicted octanol–water partition coefficient (Wildman–Crippen LogP) is 3.20. The van der Waals surface area contributed by atoms with E-state index in [1.807, 2.05) is 12.3 Å². The number of aryl methyl sites for hydroxylation is 1. The summed E-state index contributed by atoms with van der Waals surface area (Å²) in [6.45, 7) is 1.90. The third-order valence-electron chi connectivity index (χ3n) is 2.27. The first-order chi connectivity index (χ1) is 8.08. The van der Waals surface area contributed by atoms with E-state index < -0.39 is 4.92 Å². The van der Waals surface area contributed by atoms with Gasteiger partial charge in [-0.1, -0.05) is 12.1 Å². The molecule has 0 fully saturated rings. The Bertz CT molecular complexity index is 589. The van der Waals surface area contributed by atoms with Crippen LogP contribution in [-0.2, 0) is 0 Å². The highest BCUT2D eigenvalue weighted by Gasteiger charge is 2.14. The molecule has 0 unspecified atom stereocenters. The maximum Gasteiger partial charge on any atom is 0.270 e. The average Bonchev–Trinajstić information content (AvgIpc) is 2.75. The fourth-order valence-electron chi connectivity index (χ4n) is 1.45. The lowest BCUT2D eigenvalue weighted by atomic mass is 10.1. The van der Waals surface area contributed by atoms with Crippen molar-refractivity contribution in [1.82, 2.24) is 0 Å². The first-order valence-electron chi connectivity index (χ1n) is 4.92. The molecule has 0 aliphatic rings. The summed E-state index contributed by atoms with van der Waals surface area (Å²) < 4.78 is 0. The SMILES string of the molecule is Cc1csc(C(=O)c2cccc([N+](=O)[O-])c2)c1. The van der Waals surface area contributed by atoms with E-state index >= 15 is 0 Å². The van der Waals surface area contributed by atoms with Gasteiger partial charge in [-0.25, -0.2) is 0 Å². The van der Waals surface area contributed by atoms with Crippen LogP contribution in [0.15, 0.2) is 35.7 Å². The van der Waals surface area contributed by atoms with Crippen molar-refractivity contribution >= 4 is 22.8 Å². The van der Waals surface area contributed by atoms with Gasteiger partial charge in [-0.3, -0.25) is 14.9 Å². The van der Waals surface area contributed by atoms with E-state index in [-0.39, 0.29) is 11.5 Å². The van der Waals surface area contributed by atoms with E-state index in [4.69, 9.17) is 0 Å². The number of nitrogens with zero attached hydrogens (tertiary/aromatic N) is 1. The topological polar surface area (TPSA) is 60.2 Å². The molecule has 0 spiro atoms. The Balaban J connectivity index is 2.37. The Hall–Kier alpha value is -2.01. The summed E-state index contributed by atoms with van der Waals surface area (Å²) >= 11 is 1.35. The summed E-state index contributed by atoms with van der Waals surface area (Å²) in [5.41, 5.74) is 1.30. The number of benzene rings is 1. The van der Waals surface area contributed by atoms with Crippen molar-refractivity contribution in [3.63, 3.8) is 0 Å². The van der Waals surface area contributed by atoms with Gasteiger partial charge >= 0.3 is 0 Å². The van der Waals surface area contributed by atoms with Gasteiger partial charge in [0.15, 0.2) is 0 Å². The van der Waals surface area contributed by atoms with E-state index in [1.165, 1.54) is 29.5 Å². The van der Waals surface area contributed by atoms with Gasteiger partial charge in [0.25, 0.3) is 5.69 Å². The Morgan fingerprint density at radius 3 is 2.71 bits per heavy atom. The molecular weight excluding hydrogens is 238 g/mol. The standard InChI is InChI=1S/C12H9NO3S/c1-8-5-11(17-7-8)12(14)9-3-2-4-10(6-9)13(15)16/h2-7H,1H3. The van der Waals surface area contributed by atoms with Gasteiger partial charge in [-0.05, 0) is 23.9 Å². The van der Waals surface area contributed by atoms with Crippen molar-refractivity contribution in [1.29, 1.82) is 0 Å². The molecule has 0 amide bonds. The first-order valence-corrected chi connectivity index (χ1v) is 5.80. The Kier molecular flexibility index (Phi) is 3.01. The third kappa shape index (κ3) is 2.39. The molecular formula is C12H9NO3S. The first kappa shape index (κ1) is 11.5. The zero-order valence-corrected chi connectivity index (χ0v) is 9.86. The number of ketones is 1. The summed E-state index contributed by atoms with van der Waals surface area (Å²) in [6, 6.07) is 7.57. The number of thiophene rings is 1. The third-order valence-corrected chi connectivity index (χ3v) is 3.32. The van der Waals surface area contributed by atoms with Crippen LogP contribution >= 0.6 is 11.3 Å². The summed E-state index contributed by atoms with van der Waals surface area (Å²) in [7, 11) is 0. The van der Waals surface area contributed by atoms with Gasteiger partial charge in [0.05, 0.1) is 9.80 Å². The molecule has 2 aromatic rings. The number of non-ortho nitro benzene ring substituents is 1. The number of hydrogen-bond acceptors (Lipinski definition) is 4. The molecule has 2 rings (SSSR count). The fourth-order valence-corrected chi connectivity index (χ4v) is 2.31. The van der Waals surface area contributed by atoms with Crippen molar-refractivity contribution in [2.45, 2.75) is 6.92 Å². The molecule has 1 aromatic carbocycles. The number of rotatable bonds is 3. The van der Waals surface area contributed by atoms with Gasteiger partial charge in [-0.15, -0.1) is 11.3 Å². The highest BCUT2D eigenvalue weighted by Crippen LogP contribution is 2.20. The maximum atomic E-state index is 12.0. The Morgan fingerprint density at radius 2 is 2.12 bits per heavy atom. The van der Waals surface area contributed by atoms with Gasteiger partial charge in [-0.2, -0.15) is 0 Å².